The maximum atomic E-state index is 10.0. The summed E-state index contributed by atoms with van der Waals surface area (Å²) < 4.78 is 11.1. The van der Waals surface area contributed by atoms with Crippen molar-refractivity contribution in [3.8, 4) is 11.5 Å². The third-order valence-electron chi connectivity index (χ3n) is 5.23. The van der Waals surface area contributed by atoms with Gasteiger partial charge in [0.1, 0.15) is 11.5 Å². The highest BCUT2D eigenvalue weighted by molar-refractivity contribution is 14.0. The average molecular weight is 505 g/mol. The van der Waals surface area contributed by atoms with E-state index in [4.69, 9.17) is 9.47 Å². The highest BCUT2D eigenvalue weighted by Crippen LogP contribution is 2.30. The average Bonchev–Trinajstić information content (AvgIpc) is 3.21. The van der Waals surface area contributed by atoms with Gasteiger partial charge in [-0.25, -0.2) is 0 Å². The fourth-order valence-corrected chi connectivity index (χ4v) is 3.75. The van der Waals surface area contributed by atoms with Crippen LogP contribution in [0.1, 0.15) is 44.6 Å². The molecule has 28 heavy (non-hydrogen) atoms. The molecular formula is C21H36IN3O3. The molecule has 1 aliphatic carbocycles. The maximum absolute atomic E-state index is 10.0. The SMILES string of the molecule is CCOC(CCNC(=NC)NCCc1ccc(OC)cc1O)C1CCCC1.I. The molecule has 1 atom stereocenters. The van der Waals surface area contributed by atoms with E-state index in [9.17, 15) is 5.11 Å². The highest BCUT2D eigenvalue weighted by atomic mass is 127. The lowest BCUT2D eigenvalue weighted by Crippen LogP contribution is -2.40. The number of aromatic hydroxyl groups is 1. The van der Waals surface area contributed by atoms with Gasteiger partial charge in [0.2, 0.25) is 0 Å². The van der Waals surface area contributed by atoms with Crippen molar-refractivity contribution in [1.82, 2.24) is 10.6 Å². The number of phenols is 1. The number of hydrogen-bond acceptors (Lipinski definition) is 4. The number of nitrogens with one attached hydrogen (secondary N) is 2. The highest BCUT2D eigenvalue weighted by Gasteiger charge is 2.25. The Morgan fingerprint density at radius 2 is 1.96 bits per heavy atom. The van der Waals surface area contributed by atoms with Gasteiger partial charge in [-0.2, -0.15) is 0 Å². The summed E-state index contributed by atoms with van der Waals surface area (Å²) in [7, 11) is 3.37. The van der Waals surface area contributed by atoms with Crippen LogP contribution in [0.3, 0.4) is 0 Å². The number of benzene rings is 1. The van der Waals surface area contributed by atoms with Gasteiger partial charge in [0.15, 0.2) is 5.96 Å². The van der Waals surface area contributed by atoms with Crippen LogP contribution in [0.15, 0.2) is 23.2 Å². The topological polar surface area (TPSA) is 75.1 Å². The van der Waals surface area contributed by atoms with Crippen molar-refractivity contribution in [2.45, 2.75) is 51.6 Å². The van der Waals surface area contributed by atoms with E-state index in [1.807, 2.05) is 12.1 Å². The molecule has 0 aliphatic heterocycles. The maximum Gasteiger partial charge on any atom is 0.190 e. The number of nitrogens with zero attached hydrogens (tertiary/aromatic N) is 1. The monoisotopic (exact) mass is 505 g/mol. The minimum Gasteiger partial charge on any atom is -0.508 e. The van der Waals surface area contributed by atoms with Gasteiger partial charge in [0.05, 0.1) is 13.2 Å². The molecule has 2 rings (SSSR count). The van der Waals surface area contributed by atoms with Crippen LogP contribution in [0.5, 0.6) is 11.5 Å². The Morgan fingerprint density at radius 1 is 1.25 bits per heavy atom. The van der Waals surface area contributed by atoms with Gasteiger partial charge in [-0.3, -0.25) is 4.99 Å². The van der Waals surface area contributed by atoms with E-state index in [-0.39, 0.29) is 29.7 Å². The molecule has 1 aromatic carbocycles. The first-order valence-corrected chi connectivity index (χ1v) is 10.1. The van der Waals surface area contributed by atoms with E-state index in [1.54, 1.807) is 20.2 Å². The number of ether oxygens (including phenoxy) is 2. The first-order valence-electron chi connectivity index (χ1n) is 10.1. The van der Waals surface area contributed by atoms with E-state index < -0.39 is 0 Å². The molecule has 1 saturated carbocycles. The molecule has 1 aliphatic rings. The lowest BCUT2D eigenvalue weighted by Gasteiger charge is -2.24. The number of methoxy groups -OCH3 is 1. The Hall–Kier alpha value is -1.22. The van der Waals surface area contributed by atoms with Gasteiger partial charge in [-0.1, -0.05) is 18.9 Å². The second-order valence-corrected chi connectivity index (χ2v) is 7.00. The Balaban J connectivity index is 0.00000392. The number of guanidine groups is 1. The van der Waals surface area contributed by atoms with Crippen LogP contribution >= 0.6 is 24.0 Å². The van der Waals surface area contributed by atoms with Crippen molar-refractivity contribution >= 4 is 29.9 Å². The fraction of sp³-hybridized carbons (Fsp3) is 0.667. The molecule has 0 amide bonds. The molecule has 0 aromatic heterocycles. The molecule has 0 spiro atoms. The third-order valence-corrected chi connectivity index (χ3v) is 5.23. The van der Waals surface area contributed by atoms with Crippen LogP contribution in [0.25, 0.3) is 0 Å². The second kappa shape index (κ2) is 13.9. The predicted octanol–water partition coefficient (Wildman–Crippen LogP) is 3.71. The first-order chi connectivity index (χ1) is 13.2. The van der Waals surface area contributed by atoms with Crippen molar-refractivity contribution in [3.63, 3.8) is 0 Å². The van der Waals surface area contributed by atoms with E-state index in [0.717, 1.165) is 31.1 Å². The fourth-order valence-electron chi connectivity index (χ4n) is 3.75. The zero-order valence-corrected chi connectivity index (χ0v) is 19.7. The first kappa shape index (κ1) is 24.8. The molecule has 7 heteroatoms. The second-order valence-electron chi connectivity index (χ2n) is 7.00. The Kier molecular flexibility index (Phi) is 12.3. The van der Waals surface area contributed by atoms with Gasteiger partial charge in [0, 0.05) is 32.8 Å². The van der Waals surface area contributed by atoms with Crippen LogP contribution in [0.2, 0.25) is 0 Å². The molecule has 0 heterocycles. The Bertz CT molecular complexity index is 592. The standard InChI is InChI=1S/C21H35N3O3.HI/c1-4-27-20(17-7-5-6-8-17)12-14-24-21(22-2)23-13-11-16-9-10-18(26-3)15-19(16)25;/h9-10,15,17,20,25H,4-8,11-14H2,1-3H3,(H2,22,23,24);1H. The predicted molar refractivity (Wildman–Crippen MR) is 125 cm³/mol. The van der Waals surface area contributed by atoms with Crippen molar-refractivity contribution in [1.29, 1.82) is 0 Å². The summed E-state index contributed by atoms with van der Waals surface area (Å²) in [6.07, 6.45) is 7.32. The van der Waals surface area contributed by atoms with E-state index >= 15 is 0 Å². The quantitative estimate of drug-likeness (QED) is 0.257. The van der Waals surface area contributed by atoms with Gasteiger partial charge >= 0.3 is 0 Å². The number of hydrogen-bond donors (Lipinski definition) is 3. The normalized spacial score (nSPS) is 15.8. The van der Waals surface area contributed by atoms with Crippen LogP contribution in [-0.2, 0) is 11.2 Å². The van der Waals surface area contributed by atoms with E-state index in [1.165, 1.54) is 25.7 Å². The van der Waals surface area contributed by atoms with Crippen LogP contribution in [0, 0.1) is 5.92 Å². The van der Waals surface area contributed by atoms with Crippen LogP contribution in [0.4, 0.5) is 0 Å². The number of phenolic OH excluding ortho intramolecular Hbond substituents is 1. The van der Waals surface area contributed by atoms with Crippen LogP contribution in [-0.4, -0.2) is 51.0 Å². The number of aliphatic imine (C=N–C) groups is 1. The van der Waals surface area contributed by atoms with Crippen molar-refractivity contribution < 1.29 is 14.6 Å². The molecule has 3 N–H and O–H groups in total. The molecule has 1 fully saturated rings. The minimum atomic E-state index is 0. The summed E-state index contributed by atoms with van der Waals surface area (Å²) in [5.74, 6) is 2.41. The summed E-state index contributed by atoms with van der Waals surface area (Å²) in [6.45, 7) is 4.38. The molecular weight excluding hydrogens is 469 g/mol. The van der Waals surface area contributed by atoms with Crippen molar-refractivity contribution in [3.05, 3.63) is 23.8 Å². The smallest absolute Gasteiger partial charge is 0.190 e. The Labute approximate surface area is 186 Å². The molecule has 0 radical (unpaired) electrons. The third kappa shape index (κ3) is 8.03. The zero-order valence-electron chi connectivity index (χ0n) is 17.4. The van der Waals surface area contributed by atoms with E-state index in [2.05, 4.69) is 22.5 Å². The van der Waals surface area contributed by atoms with Gasteiger partial charge in [-0.05, 0) is 50.2 Å². The lowest BCUT2D eigenvalue weighted by molar-refractivity contribution is 0.0169. The molecule has 1 aromatic rings. The zero-order chi connectivity index (χ0) is 19.5. The van der Waals surface area contributed by atoms with Crippen molar-refractivity contribution in [2.24, 2.45) is 10.9 Å². The van der Waals surface area contributed by atoms with Crippen LogP contribution < -0.4 is 15.4 Å². The largest absolute Gasteiger partial charge is 0.508 e. The molecule has 0 saturated heterocycles. The summed E-state index contributed by atoms with van der Waals surface area (Å²) in [5.41, 5.74) is 0.886. The summed E-state index contributed by atoms with van der Waals surface area (Å²) >= 11 is 0. The van der Waals surface area contributed by atoms with Crippen molar-refractivity contribution in [2.75, 3.05) is 33.9 Å². The summed E-state index contributed by atoms with van der Waals surface area (Å²) in [6, 6.07) is 5.39. The van der Waals surface area contributed by atoms with Gasteiger partial charge in [-0.15, -0.1) is 24.0 Å². The minimum absolute atomic E-state index is 0. The molecule has 6 nitrogen and oxygen atoms in total. The van der Waals surface area contributed by atoms with Gasteiger partial charge in [0.25, 0.3) is 0 Å². The van der Waals surface area contributed by atoms with Gasteiger partial charge < -0.3 is 25.2 Å². The molecule has 0 bridgehead atoms. The lowest BCUT2D eigenvalue weighted by atomic mass is 9.98. The van der Waals surface area contributed by atoms with E-state index in [0.29, 0.717) is 30.7 Å². The summed E-state index contributed by atoms with van der Waals surface area (Å²) in [5, 5.41) is 16.7. The Morgan fingerprint density at radius 3 is 2.57 bits per heavy atom. The number of rotatable bonds is 10. The summed E-state index contributed by atoms with van der Waals surface area (Å²) in [4.78, 5) is 4.28. The molecule has 160 valence electrons. The molecule has 1 unspecified atom stereocenters. The number of halogens is 1.